The number of hydrogen-bond acceptors (Lipinski definition) is 5. The van der Waals surface area contributed by atoms with E-state index in [4.69, 9.17) is 4.74 Å². The lowest BCUT2D eigenvalue weighted by Gasteiger charge is -2.04. The summed E-state index contributed by atoms with van der Waals surface area (Å²) in [5.41, 5.74) is 4.62. The Bertz CT molecular complexity index is 1040. The summed E-state index contributed by atoms with van der Waals surface area (Å²) in [5.74, 6) is 0.666. The zero-order valence-corrected chi connectivity index (χ0v) is 16.8. The van der Waals surface area contributed by atoms with E-state index in [0.717, 1.165) is 41.0 Å². The van der Waals surface area contributed by atoms with Gasteiger partial charge in [0, 0.05) is 36.4 Å². The molecule has 1 aliphatic heterocycles. The van der Waals surface area contributed by atoms with Gasteiger partial charge < -0.3 is 10.1 Å². The molecular formula is C22H21N3O3S. The van der Waals surface area contributed by atoms with Crippen LogP contribution >= 0.6 is 11.3 Å². The van der Waals surface area contributed by atoms with Crippen molar-refractivity contribution in [3.05, 3.63) is 64.5 Å². The zero-order chi connectivity index (χ0) is 20.2. The molecule has 2 amide bonds. The van der Waals surface area contributed by atoms with Crippen LogP contribution in [0.15, 0.2) is 47.8 Å². The maximum absolute atomic E-state index is 12.5. The molecule has 148 valence electrons. The van der Waals surface area contributed by atoms with Crippen LogP contribution in [0.4, 0.5) is 5.13 Å². The third-order valence-corrected chi connectivity index (χ3v) is 5.47. The molecule has 0 saturated heterocycles. The standard InChI is InChI=1S/C22H21N3O3S/c1-14(26)23-10-8-15-2-4-16(5-3-15)19-13-29-22(24-19)25-21(27)18-6-7-20-17(12-18)9-11-28-20/h2-7,12-13H,8-11H2,1H3,(H,23,26)(H,24,25,27). The van der Waals surface area contributed by atoms with E-state index in [0.29, 0.717) is 23.8 Å². The minimum Gasteiger partial charge on any atom is -0.493 e. The van der Waals surface area contributed by atoms with E-state index in [1.807, 2.05) is 41.8 Å². The van der Waals surface area contributed by atoms with Crippen molar-refractivity contribution in [3.8, 4) is 17.0 Å². The van der Waals surface area contributed by atoms with Gasteiger partial charge in [0.2, 0.25) is 5.91 Å². The number of nitrogens with one attached hydrogen (secondary N) is 2. The Kier molecular flexibility index (Phi) is 5.57. The van der Waals surface area contributed by atoms with Gasteiger partial charge in [-0.25, -0.2) is 4.98 Å². The van der Waals surface area contributed by atoms with Crippen molar-refractivity contribution in [1.29, 1.82) is 0 Å². The van der Waals surface area contributed by atoms with Crippen LogP contribution in [0.2, 0.25) is 0 Å². The first kappa shape index (κ1) is 19.1. The van der Waals surface area contributed by atoms with Gasteiger partial charge in [-0.15, -0.1) is 11.3 Å². The van der Waals surface area contributed by atoms with Crippen molar-refractivity contribution >= 4 is 28.3 Å². The second-order valence-corrected chi connectivity index (χ2v) is 7.70. The SMILES string of the molecule is CC(=O)NCCc1ccc(-c2csc(NC(=O)c3ccc4c(c3)CCO4)n2)cc1. The number of anilines is 1. The van der Waals surface area contributed by atoms with Gasteiger partial charge in [-0.05, 0) is 35.7 Å². The van der Waals surface area contributed by atoms with Gasteiger partial charge in [0.25, 0.3) is 5.91 Å². The molecule has 1 aromatic heterocycles. The van der Waals surface area contributed by atoms with Crippen molar-refractivity contribution in [3.63, 3.8) is 0 Å². The monoisotopic (exact) mass is 407 g/mol. The lowest BCUT2D eigenvalue weighted by atomic mass is 10.1. The minimum atomic E-state index is -0.172. The van der Waals surface area contributed by atoms with Crippen molar-refractivity contribution in [2.45, 2.75) is 19.8 Å². The zero-order valence-electron chi connectivity index (χ0n) is 16.0. The van der Waals surface area contributed by atoms with Crippen LogP contribution in [0, 0.1) is 0 Å². The fourth-order valence-electron chi connectivity index (χ4n) is 3.19. The second-order valence-electron chi connectivity index (χ2n) is 6.84. The third kappa shape index (κ3) is 4.63. The molecule has 0 bridgehead atoms. The lowest BCUT2D eigenvalue weighted by Crippen LogP contribution is -2.22. The van der Waals surface area contributed by atoms with Crippen LogP contribution in [-0.2, 0) is 17.6 Å². The van der Waals surface area contributed by atoms with Crippen molar-refractivity contribution in [1.82, 2.24) is 10.3 Å². The van der Waals surface area contributed by atoms with E-state index in [1.54, 1.807) is 6.07 Å². The normalized spacial score (nSPS) is 12.2. The van der Waals surface area contributed by atoms with E-state index in [-0.39, 0.29) is 11.8 Å². The van der Waals surface area contributed by atoms with Gasteiger partial charge in [0.05, 0.1) is 12.3 Å². The number of rotatable bonds is 6. The number of hydrogen-bond donors (Lipinski definition) is 2. The molecule has 2 heterocycles. The molecule has 1 aliphatic rings. The van der Waals surface area contributed by atoms with Gasteiger partial charge in [-0.1, -0.05) is 24.3 Å². The van der Waals surface area contributed by atoms with Crippen LogP contribution < -0.4 is 15.4 Å². The topological polar surface area (TPSA) is 80.3 Å². The van der Waals surface area contributed by atoms with Gasteiger partial charge in [-0.2, -0.15) is 0 Å². The Morgan fingerprint density at radius 2 is 2.00 bits per heavy atom. The molecule has 6 nitrogen and oxygen atoms in total. The molecule has 4 rings (SSSR count). The number of fused-ring (bicyclic) bond motifs is 1. The van der Waals surface area contributed by atoms with E-state index < -0.39 is 0 Å². The quantitative estimate of drug-likeness (QED) is 0.653. The molecule has 2 N–H and O–H groups in total. The molecule has 0 atom stereocenters. The summed E-state index contributed by atoms with van der Waals surface area (Å²) >= 11 is 1.40. The molecule has 0 fully saturated rings. The average Bonchev–Trinajstić information content (AvgIpc) is 3.37. The van der Waals surface area contributed by atoms with Crippen LogP contribution in [0.3, 0.4) is 0 Å². The molecule has 0 saturated carbocycles. The Labute approximate surface area is 172 Å². The molecule has 3 aromatic rings. The van der Waals surface area contributed by atoms with Crippen molar-refractivity contribution in [2.75, 3.05) is 18.5 Å². The first-order valence-electron chi connectivity index (χ1n) is 9.45. The molecule has 29 heavy (non-hydrogen) atoms. The van der Waals surface area contributed by atoms with Crippen molar-refractivity contribution < 1.29 is 14.3 Å². The number of carbonyl (C=O) groups is 2. The number of carbonyl (C=O) groups excluding carboxylic acids is 2. The summed E-state index contributed by atoms with van der Waals surface area (Å²) in [4.78, 5) is 28.0. The molecule has 2 aromatic carbocycles. The Morgan fingerprint density at radius 1 is 1.17 bits per heavy atom. The first-order valence-corrected chi connectivity index (χ1v) is 10.3. The number of benzene rings is 2. The second kappa shape index (κ2) is 8.45. The maximum atomic E-state index is 12.5. The van der Waals surface area contributed by atoms with Gasteiger partial charge in [0.1, 0.15) is 5.75 Å². The molecule has 0 unspecified atom stereocenters. The first-order chi connectivity index (χ1) is 14.1. The predicted octanol–water partition coefficient (Wildman–Crippen LogP) is 3.68. The fourth-order valence-corrected chi connectivity index (χ4v) is 3.90. The van der Waals surface area contributed by atoms with Crippen LogP contribution in [-0.4, -0.2) is 29.9 Å². The summed E-state index contributed by atoms with van der Waals surface area (Å²) in [5, 5.41) is 8.16. The van der Waals surface area contributed by atoms with Crippen molar-refractivity contribution in [2.24, 2.45) is 0 Å². The van der Waals surface area contributed by atoms with E-state index in [1.165, 1.54) is 18.3 Å². The van der Waals surface area contributed by atoms with E-state index in [2.05, 4.69) is 15.6 Å². The summed E-state index contributed by atoms with van der Waals surface area (Å²) < 4.78 is 5.48. The third-order valence-electron chi connectivity index (χ3n) is 4.71. The lowest BCUT2D eigenvalue weighted by molar-refractivity contribution is -0.118. The van der Waals surface area contributed by atoms with Crippen LogP contribution in [0.1, 0.15) is 28.4 Å². The fraction of sp³-hybridized carbons (Fsp3) is 0.227. The Morgan fingerprint density at radius 3 is 2.79 bits per heavy atom. The average molecular weight is 407 g/mol. The Balaban J connectivity index is 1.39. The number of amides is 2. The molecule has 0 spiro atoms. The highest BCUT2D eigenvalue weighted by Gasteiger charge is 2.16. The number of ether oxygens (including phenoxy) is 1. The molecule has 0 aliphatic carbocycles. The van der Waals surface area contributed by atoms with E-state index in [9.17, 15) is 9.59 Å². The highest BCUT2D eigenvalue weighted by atomic mass is 32.1. The summed E-state index contributed by atoms with van der Waals surface area (Å²) in [7, 11) is 0. The Hall–Kier alpha value is -3.19. The minimum absolute atomic E-state index is 0.0214. The molecule has 0 radical (unpaired) electrons. The highest BCUT2D eigenvalue weighted by Crippen LogP contribution is 2.28. The predicted molar refractivity (Wildman–Crippen MR) is 114 cm³/mol. The number of aromatic nitrogens is 1. The van der Waals surface area contributed by atoms with Gasteiger partial charge in [-0.3, -0.25) is 14.9 Å². The van der Waals surface area contributed by atoms with Crippen LogP contribution in [0.25, 0.3) is 11.3 Å². The van der Waals surface area contributed by atoms with Gasteiger partial charge in [0.15, 0.2) is 5.13 Å². The van der Waals surface area contributed by atoms with Gasteiger partial charge >= 0.3 is 0 Å². The summed E-state index contributed by atoms with van der Waals surface area (Å²) in [6.45, 7) is 2.80. The largest absolute Gasteiger partial charge is 0.493 e. The van der Waals surface area contributed by atoms with E-state index >= 15 is 0 Å². The molecule has 7 heteroatoms. The highest BCUT2D eigenvalue weighted by molar-refractivity contribution is 7.14. The summed E-state index contributed by atoms with van der Waals surface area (Å²) in [6.07, 6.45) is 1.61. The smallest absolute Gasteiger partial charge is 0.257 e. The summed E-state index contributed by atoms with van der Waals surface area (Å²) in [6, 6.07) is 13.6. The molecular weight excluding hydrogens is 386 g/mol. The van der Waals surface area contributed by atoms with Crippen LogP contribution in [0.5, 0.6) is 5.75 Å². The number of nitrogens with zero attached hydrogens (tertiary/aromatic N) is 1. The number of thiazole rings is 1. The maximum Gasteiger partial charge on any atom is 0.257 e.